The van der Waals surface area contributed by atoms with Gasteiger partial charge in [-0.2, -0.15) is 0 Å². The summed E-state index contributed by atoms with van der Waals surface area (Å²) < 4.78 is 0. The Hall–Kier alpha value is -3.28. The predicted octanol–water partition coefficient (Wildman–Crippen LogP) is 2.72. The molecule has 4 aromatic rings. The van der Waals surface area contributed by atoms with Crippen LogP contribution in [0.15, 0.2) is 103 Å². The van der Waals surface area contributed by atoms with Crippen LogP contribution in [0.4, 0.5) is 0 Å². The summed E-state index contributed by atoms with van der Waals surface area (Å²) in [5.41, 5.74) is 25.7. The van der Waals surface area contributed by atoms with E-state index in [1.807, 2.05) is 0 Å². The van der Waals surface area contributed by atoms with Gasteiger partial charge in [0, 0.05) is 25.2 Å². The monoisotopic (exact) mass is 460 g/mol. The van der Waals surface area contributed by atoms with Gasteiger partial charge in [-0.1, -0.05) is 109 Å². The van der Waals surface area contributed by atoms with E-state index in [0.29, 0.717) is 19.6 Å². The lowest BCUT2D eigenvalue weighted by Crippen LogP contribution is -2.71. The Kier molecular flexibility index (Phi) is 6.31. The molecule has 0 aliphatic heterocycles. The molecule has 0 atom stereocenters. The summed E-state index contributed by atoms with van der Waals surface area (Å²) in [7, 11) is -2.72. The number of rotatable bonds is 7. The Bertz CT molecular complexity index is 1230. The molecule has 4 heteroatoms. The molecule has 0 bridgehead atoms. The normalized spacial score (nSPS) is 13.3. The zero-order valence-corrected chi connectivity index (χ0v) is 20.2. The molecule has 0 aromatic heterocycles. The molecule has 0 saturated carbocycles. The molecule has 0 fully saturated rings. The summed E-state index contributed by atoms with van der Waals surface area (Å²) in [6, 6.07) is 35.2. The average molecular weight is 461 g/mol. The maximum atomic E-state index is 6.12. The minimum atomic E-state index is -2.72. The smallest absolute Gasteiger partial charge is 0.163 e. The number of hydrogen-bond acceptors (Lipinski definition) is 3. The third-order valence-corrected chi connectivity index (χ3v) is 11.6. The van der Waals surface area contributed by atoms with E-state index in [2.05, 4.69) is 109 Å². The number of nitrogens with two attached hydrogens (primary N) is 3. The van der Waals surface area contributed by atoms with E-state index in [1.54, 1.807) is 0 Å². The molecule has 0 spiro atoms. The summed E-state index contributed by atoms with van der Waals surface area (Å²) in [6.07, 6.45) is 4.58. The lowest BCUT2D eigenvalue weighted by atomic mass is 10.1. The van der Waals surface area contributed by atoms with E-state index in [9.17, 15) is 0 Å². The van der Waals surface area contributed by atoms with Gasteiger partial charge in [-0.05, 0) is 43.4 Å². The molecule has 3 nitrogen and oxygen atoms in total. The Labute approximate surface area is 202 Å². The van der Waals surface area contributed by atoms with Crippen molar-refractivity contribution in [1.29, 1.82) is 0 Å². The Morgan fingerprint density at radius 3 is 1.44 bits per heavy atom. The fraction of sp³-hybridized carbons (Fsp3) is 0.100. The maximum absolute atomic E-state index is 6.12. The molecule has 1 aliphatic rings. The Morgan fingerprint density at radius 2 is 0.971 bits per heavy atom. The van der Waals surface area contributed by atoms with Gasteiger partial charge in [0.1, 0.15) is 0 Å². The SMILES string of the molecule is NCc1cccc([Si]([C]2C=Cc3ccccc32)(c2cccc(CN)c2)c2cccc(CN)c2)c1. The van der Waals surface area contributed by atoms with Crippen molar-refractivity contribution in [2.24, 2.45) is 17.2 Å². The molecule has 1 radical (unpaired) electrons. The van der Waals surface area contributed by atoms with Crippen molar-refractivity contribution in [2.75, 3.05) is 0 Å². The van der Waals surface area contributed by atoms with Crippen molar-refractivity contribution in [1.82, 2.24) is 0 Å². The number of hydrogen-bond donors (Lipinski definition) is 3. The van der Waals surface area contributed by atoms with Crippen LogP contribution in [-0.2, 0) is 19.6 Å². The predicted molar refractivity (Wildman–Crippen MR) is 145 cm³/mol. The van der Waals surface area contributed by atoms with Crippen LogP contribution in [0.5, 0.6) is 0 Å². The van der Waals surface area contributed by atoms with Crippen LogP contribution in [0.1, 0.15) is 27.8 Å². The van der Waals surface area contributed by atoms with E-state index < -0.39 is 8.07 Å². The first-order valence-corrected chi connectivity index (χ1v) is 13.7. The molecule has 4 aromatic carbocycles. The second-order valence-corrected chi connectivity index (χ2v) is 12.6. The van der Waals surface area contributed by atoms with Crippen LogP contribution in [0.2, 0.25) is 0 Å². The largest absolute Gasteiger partial charge is 0.326 e. The number of benzene rings is 4. The molecular formula is C30H30N3Si. The highest BCUT2D eigenvalue weighted by Gasteiger charge is 2.48. The first kappa shape index (κ1) is 22.5. The lowest BCUT2D eigenvalue weighted by Gasteiger charge is -2.39. The zero-order valence-electron chi connectivity index (χ0n) is 19.2. The fourth-order valence-corrected chi connectivity index (χ4v) is 10.4. The van der Waals surface area contributed by atoms with Gasteiger partial charge in [-0.15, -0.1) is 0 Å². The molecule has 0 amide bonds. The molecule has 0 heterocycles. The molecule has 169 valence electrons. The van der Waals surface area contributed by atoms with Gasteiger partial charge in [0.25, 0.3) is 0 Å². The van der Waals surface area contributed by atoms with E-state index >= 15 is 0 Å². The molecule has 5 rings (SSSR count). The second-order valence-electron chi connectivity index (χ2n) is 8.80. The van der Waals surface area contributed by atoms with Gasteiger partial charge in [0.15, 0.2) is 8.07 Å². The quantitative estimate of drug-likeness (QED) is 0.293. The van der Waals surface area contributed by atoms with Crippen LogP contribution < -0.4 is 32.8 Å². The van der Waals surface area contributed by atoms with Crippen LogP contribution in [0, 0.1) is 5.54 Å². The highest BCUT2D eigenvalue weighted by Crippen LogP contribution is 2.36. The first-order chi connectivity index (χ1) is 16.7. The Morgan fingerprint density at radius 1 is 0.500 bits per heavy atom. The molecule has 1 aliphatic carbocycles. The molecule has 6 N–H and O–H groups in total. The minimum absolute atomic E-state index is 0.506. The van der Waals surface area contributed by atoms with E-state index in [4.69, 9.17) is 17.2 Å². The van der Waals surface area contributed by atoms with Crippen LogP contribution in [0.3, 0.4) is 0 Å². The highest BCUT2D eigenvalue weighted by atomic mass is 28.3. The standard InChI is InChI=1S/C30H30N3Si/c31-19-22-6-3-10-26(16-22)34(27-11-4-7-23(17-27)20-32,28-12-5-8-24(18-28)21-33)30-15-14-25-9-1-2-13-29(25)30/h1-18H,19-21,31-33H2. The van der Waals surface area contributed by atoms with E-state index in [1.165, 1.54) is 32.2 Å². The summed E-state index contributed by atoms with van der Waals surface area (Å²) in [6.45, 7) is 1.52. The third-order valence-electron chi connectivity index (χ3n) is 6.87. The summed E-state index contributed by atoms with van der Waals surface area (Å²) in [5, 5.41) is 3.94. The van der Waals surface area contributed by atoms with Crippen LogP contribution in [-0.4, -0.2) is 8.07 Å². The second kappa shape index (κ2) is 9.53. The third kappa shape index (κ3) is 3.75. The molecular weight excluding hydrogens is 430 g/mol. The molecule has 0 unspecified atom stereocenters. The average Bonchev–Trinajstić information content (AvgIpc) is 3.34. The lowest BCUT2D eigenvalue weighted by molar-refractivity contribution is 1.07. The maximum Gasteiger partial charge on any atom is 0.163 e. The molecule has 34 heavy (non-hydrogen) atoms. The van der Waals surface area contributed by atoms with E-state index in [-0.39, 0.29) is 0 Å². The van der Waals surface area contributed by atoms with Crippen molar-refractivity contribution in [3.8, 4) is 0 Å². The fourth-order valence-electron chi connectivity index (χ4n) is 5.24. The molecule has 0 saturated heterocycles. The van der Waals surface area contributed by atoms with Crippen molar-refractivity contribution in [3.63, 3.8) is 0 Å². The summed E-state index contributed by atoms with van der Waals surface area (Å²) in [5.74, 6) is 0. The van der Waals surface area contributed by atoms with Gasteiger partial charge in [-0.3, -0.25) is 0 Å². The van der Waals surface area contributed by atoms with Gasteiger partial charge < -0.3 is 17.2 Å². The van der Waals surface area contributed by atoms with Crippen molar-refractivity contribution < 1.29 is 0 Å². The topological polar surface area (TPSA) is 78.1 Å². The zero-order chi connectivity index (χ0) is 23.5. The van der Waals surface area contributed by atoms with E-state index in [0.717, 1.165) is 16.7 Å². The van der Waals surface area contributed by atoms with Crippen molar-refractivity contribution >= 4 is 29.7 Å². The first-order valence-electron chi connectivity index (χ1n) is 11.7. The summed E-state index contributed by atoms with van der Waals surface area (Å²) in [4.78, 5) is 0. The summed E-state index contributed by atoms with van der Waals surface area (Å²) >= 11 is 0. The van der Waals surface area contributed by atoms with Crippen LogP contribution in [0.25, 0.3) is 6.08 Å². The minimum Gasteiger partial charge on any atom is -0.326 e. The van der Waals surface area contributed by atoms with Crippen molar-refractivity contribution in [2.45, 2.75) is 19.6 Å². The van der Waals surface area contributed by atoms with Gasteiger partial charge >= 0.3 is 0 Å². The highest BCUT2D eigenvalue weighted by molar-refractivity contribution is 7.16. The van der Waals surface area contributed by atoms with Gasteiger partial charge in [0.2, 0.25) is 0 Å². The Balaban J connectivity index is 1.91. The van der Waals surface area contributed by atoms with Crippen LogP contribution >= 0.6 is 0 Å². The van der Waals surface area contributed by atoms with Gasteiger partial charge in [0.05, 0.1) is 0 Å². The number of fused-ring (bicyclic) bond motifs is 1. The van der Waals surface area contributed by atoms with Gasteiger partial charge in [-0.25, -0.2) is 0 Å². The number of allylic oxidation sites excluding steroid dienone is 1. The van der Waals surface area contributed by atoms with Crippen molar-refractivity contribution in [3.05, 3.63) is 136 Å².